The lowest BCUT2D eigenvalue weighted by atomic mass is 10.1. The van der Waals surface area contributed by atoms with Crippen molar-refractivity contribution < 1.29 is 31.0 Å². The van der Waals surface area contributed by atoms with Gasteiger partial charge in [-0.25, -0.2) is 9.97 Å². The molecule has 0 aliphatic carbocycles. The zero-order valence-corrected chi connectivity index (χ0v) is 18.0. The molecule has 0 bridgehead atoms. The van der Waals surface area contributed by atoms with Gasteiger partial charge in [-0.05, 0) is 35.7 Å². The lowest BCUT2D eigenvalue weighted by molar-refractivity contribution is 0.471. The monoisotopic (exact) mass is 489 g/mol. The third-order valence-corrected chi connectivity index (χ3v) is 6.08. The van der Waals surface area contributed by atoms with Crippen molar-refractivity contribution in [1.82, 2.24) is 15.0 Å². The van der Waals surface area contributed by atoms with E-state index in [-0.39, 0.29) is 28.4 Å². The van der Waals surface area contributed by atoms with Crippen molar-refractivity contribution in [3.63, 3.8) is 0 Å². The Labute approximate surface area is 187 Å². The maximum Gasteiger partial charge on any atom is 0.294 e. The fourth-order valence-electron chi connectivity index (χ4n) is 3.02. The Bertz CT molecular complexity index is 1570. The van der Waals surface area contributed by atoms with Crippen LogP contribution in [0, 0.1) is 0 Å². The highest BCUT2D eigenvalue weighted by atomic mass is 32.2. The molecule has 0 aliphatic heterocycles. The maximum atomic E-state index is 11.8. The Hall–Kier alpha value is -3.85. The topological polar surface area (TPSA) is 192 Å². The lowest BCUT2D eigenvalue weighted by Gasteiger charge is -2.13. The molecule has 0 amide bonds. The second-order valence-electron chi connectivity index (χ2n) is 6.71. The summed E-state index contributed by atoms with van der Waals surface area (Å²) < 4.78 is 65.3. The summed E-state index contributed by atoms with van der Waals surface area (Å²) in [5.74, 6) is -0.469. The van der Waals surface area contributed by atoms with Gasteiger partial charge in [0.15, 0.2) is 0 Å². The molecule has 0 spiro atoms. The molecule has 1 aromatic heterocycles. The minimum Gasteiger partial charge on any atom is -0.507 e. The molecule has 4 aromatic rings. The molecule has 1 heterocycles. The second-order valence-corrected chi connectivity index (χ2v) is 9.55. The van der Waals surface area contributed by atoms with Crippen molar-refractivity contribution in [2.45, 2.75) is 9.79 Å². The van der Waals surface area contributed by atoms with Gasteiger partial charge in [-0.1, -0.05) is 18.2 Å². The van der Waals surface area contributed by atoms with Gasteiger partial charge in [0.25, 0.3) is 20.2 Å². The molecule has 0 saturated heterocycles. The Balaban J connectivity index is 1.82. The molecular formula is C19H15N5O7S2. The highest BCUT2D eigenvalue weighted by Gasteiger charge is 2.20. The van der Waals surface area contributed by atoms with E-state index in [2.05, 4.69) is 25.6 Å². The number of phenolic OH excluding ortho intramolecular Hbond substituents is 1. The Morgan fingerprint density at radius 2 is 1.33 bits per heavy atom. The highest BCUT2D eigenvalue weighted by Crippen LogP contribution is 2.37. The molecule has 0 saturated carbocycles. The number of aromatic nitrogens is 3. The first-order valence-corrected chi connectivity index (χ1v) is 11.9. The molecule has 0 fully saturated rings. The molecule has 3 aromatic carbocycles. The predicted octanol–water partition coefficient (Wildman–Crippen LogP) is 2.71. The van der Waals surface area contributed by atoms with Gasteiger partial charge in [-0.2, -0.15) is 21.8 Å². The molecule has 4 rings (SSSR count). The van der Waals surface area contributed by atoms with Crippen LogP contribution in [0.4, 0.5) is 23.3 Å². The largest absolute Gasteiger partial charge is 0.507 e. The molecule has 0 radical (unpaired) electrons. The van der Waals surface area contributed by atoms with E-state index in [0.29, 0.717) is 5.69 Å². The molecule has 5 N–H and O–H groups in total. The van der Waals surface area contributed by atoms with Crippen molar-refractivity contribution in [1.29, 1.82) is 0 Å². The Kier molecular flexibility index (Phi) is 5.59. The third kappa shape index (κ3) is 4.98. The van der Waals surface area contributed by atoms with Gasteiger partial charge in [-0.3, -0.25) is 9.11 Å². The minimum absolute atomic E-state index is 0.00668. The van der Waals surface area contributed by atoms with Crippen molar-refractivity contribution in [2.24, 2.45) is 0 Å². The van der Waals surface area contributed by atoms with Gasteiger partial charge in [0.1, 0.15) is 12.1 Å². The molecule has 0 atom stereocenters. The summed E-state index contributed by atoms with van der Waals surface area (Å²) in [5.41, 5.74) is 0.639. The van der Waals surface area contributed by atoms with E-state index in [0.717, 1.165) is 24.3 Å². The first-order valence-electron chi connectivity index (χ1n) is 9.04. The quantitative estimate of drug-likeness (QED) is 0.249. The average molecular weight is 489 g/mol. The van der Waals surface area contributed by atoms with Crippen LogP contribution < -0.4 is 10.6 Å². The number of hydrogen-bond donors (Lipinski definition) is 5. The predicted molar refractivity (Wildman–Crippen MR) is 118 cm³/mol. The van der Waals surface area contributed by atoms with Crippen LogP contribution >= 0.6 is 0 Å². The van der Waals surface area contributed by atoms with E-state index in [1.807, 2.05) is 6.07 Å². The summed E-state index contributed by atoms with van der Waals surface area (Å²) in [6.07, 6.45) is 1.19. The van der Waals surface area contributed by atoms with E-state index in [1.54, 1.807) is 24.3 Å². The molecule has 33 heavy (non-hydrogen) atoms. The number of rotatable bonds is 6. The number of para-hydroxylation sites is 1. The fourth-order valence-corrected chi connectivity index (χ4v) is 4.10. The molecule has 0 aliphatic rings. The smallest absolute Gasteiger partial charge is 0.294 e. The number of nitrogens with one attached hydrogen (secondary N) is 2. The van der Waals surface area contributed by atoms with Crippen molar-refractivity contribution in [3.05, 3.63) is 60.9 Å². The summed E-state index contributed by atoms with van der Waals surface area (Å²) in [6.45, 7) is 0. The average Bonchev–Trinajstić information content (AvgIpc) is 2.73. The summed E-state index contributed by atoms with van der Waals surface area (Å²) in [5, 5.41) is 16.0. The van der Waals surface area contributed by atoms with Crippen LogP contribution in [-0.2, 0) is 20.2 Å². The SMILES string of the molecule is O=S(=O)(O)c1cc(O)c2c(Nc3ncnc(Nc4ccccc4)n3)cc(S(=O)(=O)O)cc2c1. The molecule has 12 nitrogen and oxygen atoms in total. The van der Waals surface area contributed by atoms with Crippen molar-refractivity contribution >= 4 is 54.3 Å². The van der Waals surface area contributed by atoms with Crippen LogP contribution in [0.15, 0.2) is 70.7 Å². The van der Waals surface area contributed by atoms with Gasteiger partial charge in [-0.15, -0.1) is 0 Å². The van der Waals surface area contributed by atoms with E-state index in [9.17, 15) is 31.0 Å². The van der Waals surface area contributed by atoms with E-state index in [1.165, 1.54) is 6.33 Å². The van der Waals surface area contributed by atoms with E-state index >= 15 is 0 Å². The van der Waals surface area contributed by atoms with Crippen LogP contribution in [0.2, 0.25) is 0 Å². The Morgan fingerprint density at radius 1 is 0.758 bits per heavy atom. The maximum absolute atomic E-state index is 11.8. The van der Waals surface area contributed by atoms with Crippen LogP contribution in [-0.4, -0.2) is 46.0 Å². The van der Waals surface area contributed by atoms with Gasteiger partial charge in [0.05, 0.1) is 15.5 Å². The first kappa shape index (κ1) is 22.3. The number of aromatic hydroxyl groups is 1. The number of benzene rings is 3. The highest BCUT2D eigenvalue weighted by molar-refractivity contribution is 7.86. The van der Waals surface area contributed by atoms with E-state index in [4.69, 9.17) is 0 Å². The second kappa shape index (κ2) is 8.25. The summed E-state index contributed by atoms with van der Waals surface area (Å²) in [4.78, 5) is 10.9. The number of hydrogen-bond acceptors (Lipinski definition) is 10. The van der Waals surface area contributed by atoms with Crippen LogP contribution in [0.1, 0.15) is 0 Å². The third-order valence-electron chi connectivity index (χ3n) is 4.42. The molecule has 0 unspecified atom stereocenters. The number of anilines is 4. The van der Waals surface area contributed by atoms with Crippen LogP contribution in [0.25, 0.3) is 10.8 Å². The molecule has 14 heteroatoms. The fraction of sp³-hybridized carbons (Fsp3) is 0. The summed E-state index contributed by atoms with van der Waals surface area (Å²) in [7, 11) is -9.42. The minimum atomic E-state index is -4.72. The zero-order valence-electron chi connectivity index (χ0n) is 16.4. The number of phenols is 1. The van der Waals surface area contributed by atoms with Gasteiger partial charge in [0, 0.05) is 17.1 Å². The van der Waals surface area contributed by atoms with Gasteiger partial charge < -0.3 is 15.7 Å². The number of nitrogens with zero attached hydrogens (tertiary/aromatic N) is 3. The van der Waals surface area contributed by atoms with Crippen molar-refractivity contribution in [2.75, 3.05) is 10.6 Å². The number of fused-ring (bicyclic) bond motifs is 1. The molecular weight excluding hydrogens is 474 g/mol. The van der Waals surface area contributed by atoms with Gasteiger partial charge >= 0.3 is 0 Å². The van der Waals surface area contributed by atoms with Gasteiger partial charge in [0.2, 0.25) is 11.9 Å². The van der Waals surface area contributed by atoms with Crippen LogP contribution in [0.5, 0.6) is 5.75 Å². The first-order chi connectivity index (χ1) is 15.5. The summed E-state index contributed by atoms with van der Waals surface area (Å²) in [6, 6.07) is 12.7. The molecule has 170 valence electrons. The standard InChI is InChI=1S/C19H15N5O7S2/c25-16-9-14(33(29,30)31)7-11-6-13(32(26,27)28)8-15(17(11)16)23-19-21-10-20-18(24-19)22-12-4-2-1-3-5-12/h1-10,25H,(H,26,27,28)(H,29,30,31)(H2,20,21,22,23,24). The van der Waals surface area contributed by atoms with Crippen LogP contribution in [0.3, 0.4) is 0 Å². The summed E-state index contributed by atoms with van der Waals surface area (Å²) >= 11 is 0. The normalized spacial score (nSPS) is 11.9. The van der Waals surface area contributed by atoms with Crippen molar-refractivity contribution in [3.8, 4) is 5.75 Å². The lowest BCUT2D eigenvalue weighted by Crippen LogP contribution is -2.05. The Morgan fingerprint density at radius 3 is 1.94 bits per heavy atom. The zero-order chi connectivity index (χ0) is 23.8. The van der Waals surface area contributed by atoms with E-state index < -0.39 is 35.8 Å².